The Bertz CT molecular complexity index is 407. The zero-order valence-corrected chi connectivity index (χ0v) is 14.6. The van der Waals surface area contributed by atoms with Crippen molar-refractivity contribution < 1.29 is 4.79 Å². The van der Waals surface area contributed by atoms with Crippen LogP contribution < -0.4 is 5.32 Å². The number of allylic oxidation sites excluding steroid dienone is 1. The van der Waals surface area contributed by atoms with Crippen LogP contribution in [0, 0.1) is 0 Å². The first kappa shape index (κ1) is 17.0. The predicted molar refractivity (Wildman–Crippen MR) is 94.4 cm³/mol. The van der Waals surface area contributed by atoms with E-state index in [1.165, 1.54) is 51.4 Å². The molecular formula is C19H33N3O. The number of hydrogen-bond acceptors (Lipinski definition) is 3. The molecule has 3 rings (SSSR count). The molecule has 0 atom stereocenters. The fraction of sp³-hybridized carbons (Fsp3) is 0.842. The summed E-state index contributed by atoms with van der Waals surface area (Å²) >= 11 is 0. The van der Waals surface area contributed by atoms with Crippen molar-refractivity contribution in [2.75, 3.05) is 39.3 Å². The third kappa shape index (κ3) is 5.32. The average molecular weight is 319 g/mol. The van der Waals surface area contributed by atoms with Crippen molar-refractivity contribution in [2.24, 2.45) is 0 Å². The van der Waals surface area contributed by atoms with Gasteiger partial charge >= 0.3 is 0 Å². The largest absolute Gasteiger partial charge is 0.355 e. The van der Waals surface area contributed by atoms with E-state index in [9.17, 15) is 4.79 Å². The minimum absolute atomic E-state index is 0.204. The van der Waals surface area contributed by atoms with E-state index in [-0.39, 0.29) is 5.91 Å². The molecule has 1 saturated carbocycles. The van der Waals surface area contributed by atoms with Crippen LogP contribution in [-0.2, 0) is 4.79 Å². The highest BCUT2D eigenvalue weighted by Gasteiger charge is 2.26. The number of carbonyl (C=O) groups excluding carboxylic acids is 1. The van der Waals surface area contributed by atoms with Gasteiger partial charge in [-0.05, 0) is 44.9 Å². The normalized spacial score (nSPS) is 24.6. The third-order valence-electron chi connectivity index (χ3n) is 5.77. The van der Waals surface area contributed by atoms with Crippen LogP contribution in [-0.4, -0.2) is 61.0 Å². The van der Waals surface area contributed by atoms with Crippen molar-refractivity contribution in [2.45, 2.75) is 63.8 Å². The highest BCUT2D eigenvalue weighted by molar-refractivity contribution is 5.78. The molecule has 4 nitrogen and oxygen atoms in total. The van der Waals surface area contributed by atoms with Gasteiger partial charge in [0.05, 0.1) is 6.54 Å². The van der Waals surface area contributed by atoms with E-state index in [2.05, 4.69) is 21.2 Å². The Balaban J connectivity index is 1.29. The zero-order valence-electron chi connectivity index (χ0n) is 14.6. The Morgan fingerprint density at radius 3 is 2.57 bits per heavy atom. The van der Waals surface area contributed by atoms with Crippen LogP contribution in [0.2, 0.25) is 0 Å². The summed E-state index contributed by atoms with van der Waals surface area (Å²) < 4.78 is 0. The van der Waals surface area contributed by atoms with Gasteiger partial charge in [0.15, 0.2) is 0 Å². The lowest BCUT2D eigenvalue weighted by atomic mass is 9.97. The molecule has 0 bridgehead atoms. The van der Waals surface area contributed by atoms with Crippen molar-refractivity contribution in [3.63, 3.8) is 0 Å². The summed E-state index contributed by atoms with van der Waals surface area (Å²) in [5.41, 5.74) is 1.54. The number of nitrogens with one attached hydrogen (secondary N) is 1. The molecule has 3 aliphatic rings. The quantitative estimate of drug-likeness (QED) is 0.764. The molecular weight excluding hydrogens is 286 g/mol. The number of hydrogen-bond donors (Lipinski definition) is 1. The summed E-state index contributed by atoms with van der Waals surface area (Å²) in [6.07, 6.45) is 14.1. The van der Waals surface area contributed by atoms with Crippen LogP contribution in [0.4, 0.5) is 0 Å². The van der Waals surface area contributed by atoms with Gasteiger partial charge in [0.1, 0.15) is 0 Å². The molecule has 1 heterocycles. The van der Waals surface area contributed by atoms with Crippen LogP contribution in [0.3, 0.4) is 0 Å². The van der Waals surface area contributed by atoms with Gasteiger partial charge in [-0.3, -0.25) is 14.6 Å². The minimum Gasteiger partial charge on any atom is -0.355 e. The van der Waals surface area contributed by atoms with Crippen LogP contribution in [0.25, 0.3) is 0 Å². The smallest absolute Gasteiger partial charge is 0.234 e. The summed E-state index contributed by atoms with van der Waals surface area (Å²) in [5, 5.41) is 3.11. The van der Waals surface area contributed by atoms with Crippen molar-refractivity contribution in [1.82, 2.24) is 15.1 Å². The summed E-state index contributed by atoms with van der Waals surface area (Å²) in [6.45, 7) is 5.78. The molecule has 4 heteroatoms. The summed E-state index contributed by atoms with van der Waals surface area (Å²) in [4.78, 5) is 17.1. The SMILES string of the molecule is O=C(CN1CCN(C2CCCC2)CC1)NCCC1=CCCCC1. The third-order valence-corrected chi connectivity index (χ3v) is 5.77. The lowest BCUT2D eigenvalue weighted by Gasteiger charge is -2.37. The molecule has 0 aromatic rings. The summed E-state index contributed by atoms with van der Waals surface area (Å²) in [5.74, 6) is 0.204. The Morgan fingerprint density at radius 1 is 1.09 bits per heavy atom. The van der Waals surface area contributed by atoms with Crippen molar-refractivity contribution in [3.8, 4) is 0 Å². The number of piperazine rings is 1. The fourth-order valence-corrected chi connectivity index (χ4v) is 4.31. The van der Waals surface area contributed by atoms with Crippen molar-refractivity contribution in [3.05, 3.63) is 11.6 Å². The van der Waals surface area contributed by atoms with Crippen molar-refractivity contribution >= 4 is 5.91 Å². The molecule has 2 fully saturated rings. The maximum atomic E-state index is 12.1. The second kappa shape index (κ2) is 8.84. The maximum absolute atomic E-state index is 12.1. The van der Waals surface area contributed by atoms with Gasteiger partial charge in [-0.25, -0.2) is 0 Å². The Hall–Kier alpha value is -0.870. The van der Waals surface area contributed by atoms with Crippen LogP contribution in [0.15, 0.2) is 11.6 Å². The van der Waals surface area contributed by atoms with E-state index in [0.29, 0.717) is 6.54 Å². The van der Waals surface area contributed by atoms with Crippen LogP contribution in [0.1, 0.15) is 57.8 Å². The lowest BCUT2D eigenvalue weighted by molar-refractivity contribution is -0.122. The standard InChI is InChI=1S/C19H33N3O/c23-19(20-11-10-17-6-2-1-3-7-17)16-21-12-14-22(15-13-21)18-8-4-5-9-18/h6,18H,1-5,7-16H2,(H,20,23). The number of amides is 1. The van der Waals surface area contributed by atoms with E-state index in [1.54, 1.807) is 5.57 Å². The van der Waals surface area contributed by atoms with Crippen LogP contribution in [0.5, 0.6) is 0 Å². The molecule has 0 aromatic carbocycles. The maximum Gasteiger partial charge on any atom is 0.234 e. The Kier molecular flexibility index (Phi) is 6.52. The minimum atomic E-state index is 0.204. The topological polar surface area (TPSA) is 35.6 Å². The molecule has 2 aliphatic carbocycles. The highest BCUT2D eigenvalue weighted by Crippen LogP contribution is 2.24. The second-order valence-electron chi connectivity index (χ2n) is 7.46. The first-order chi connectivity index (χ1) is 11.3. The van der Waals surface area contributed by atoms with E-state index in [1.807, 2.05) is 0 Å². The van der Waals surface area contributed by atoms with Crippen molar-refractivity contribution in [1.29, 1.82) is 0 Å². The number of rotatable bonds is 6. The van der Waals surface area contributed by atoms with Gasteiger partial charge in [-0.1, -0.05) is 24.5 Å². The molecule has 1 N–H and O–H groups in total. The van der Waals surface area contributed by atoms with Crippen LogP contribution >= 0.6 is 0 Å². The predicted octanol–water partition coefficient (Wildman–Crippen LogP) is 2.55. The highest BCUT2D eigenvalue weighted by atomic mass is 16.2. The average Bonchev–Trinajstić information content (AvgIpc) is 3.11. The zero-order chi connectivity index (χ0) is 15.9. The summed E-state index contributed by atoms with van der Waals surface area (Å²) in [7, 11) is 0. The first-order valence-electron chi connectivity index (χ1n) is 9.72. The summed E-state index contributed by atoms with van der Waals surface area (Å²) in [6, 6.07) is 0.828. The van der Waals surface area contributed by atoms with E-state index >= 15 is 0 Å². The first-order valence-corrected chi connectivity index (χ1v) is 9.72. The molecule has 0 spiro atoms. The van der Waals surface area contributed by atoms with E-state index in [0.717, 1.165) is 45.2 Å². The number of carbonyl (C=O) groups is 1. The lowest BCUT2D eigenvalue weighted by Crippen LogP contribution is -2.51. The number of nitrogens with zero attached hydrogens (tertiary/aromatic N) is 2. The fourth-order valence-electron chi connectivity index (χ4n) is 4.31. The molecule has 0 radical (unpaired) electrons. The van der Waals surface area contributed by atoms with E-state index < -0.39 is 0 Å². The molecule has 0 aromatic heterocycles. The Morgan fingerprint density at radius 2 is 1.87 bits per heavy atom. The molecule has 0 unspecified atom stereocenters. The Labute approximate surface area is 141 Å². The van der Waals surface area contributed by atoms with E-state index in [4.69, 9.17) is 0 Å². The molecule has 1 amide bonds. The van der Waals surface area contributed by atoms with Gasteiger partial charge in [0.25, 0.3) is 0 Å². The molecule has 1 aliphatic heterocycles. The van der Waals surface area contributed by atoms with Gasteiger partial charge in [0.2, 0.25) is 5.91 Å². The molecule has 130 valence electrons. The van der Waals surface area contributed by atoms with Gasteiger partial charge in [0, 0.05) is 38.8 Å². The molecule has 23 heavy (non-hydrogen) atoms. The second-order valence-corrected chi connectivity index (χ2v) is 7.46. The van der Waals surface area contributed by atoms with Gasteiger partial charge < -0.3 is 5.32 Å². The monoisotopic (exact) mass is 319 g/mol. The molecule has 1 saturated heterocycles. The van der Waals surface area contributed by atoms with Gasteiger partial charge in [-0.2, -0.15) is 0 Å². The van der Waals surface area contributed by atoms with Gasteiger partial charge in [-0.15, -0.1) is 0 Å².